The average Bonchev–Trinajstić information content (AvgIpc) is 3.71. The number of hydrogen-bond donors (Lipinski definition) is 2. The number of furan rings is 1. The predicted molar refractivity (Wildman–Crippen MR) is 203 cm³/mol. The number of fused-ring (bicyclic) bond motifs is 6. The second-order valence-electron chi connectivity index (χ2n) is 12.1. The summed E-state index contributed by atoms with van der Waals surface area (Å²) in [5.74, 6) is 0.688. The van der Waals surface area contributed by atoms with Gasteiger partial charge in [-0.2, -0.15) is 0 Å². The normalized spacial score (nSPS) is 11.9. The average molecular weight is 631 g/mol. The number of nitrogens with one attached hydrogen (secondary N) is 2. The third-order valence-electron chi connectivity index (χ3n) is 9.12. The van der Waals surface area contributed by atoms with Gasteiger partial charge in [0.15, 0.2) is 11.7 Å². The summed E-state index contributed by atoms with van der Waals surface area (Å²) in [6, 6.07) is 57.7. The van der Waals surface area contributed by atoms with Gasteiger partial charge in [0, 0.05) is 38.2 Å². The van der Waals surface area contributed by atoms with Gasteiger partial charge in [-0.15, -0.1) is 0 Å². The Balaban J connectivity index is 1.18. The Kier molecular flexibility index (Phi) is 6.87. The molecule has 0 aliphatic rings. The van der Waals surface area contributed by atoms with E-state index in [1.807, 2.05) is 84.9 Å². The zero-order valence-electron chi connectivity index (χ0n) is 26.5. The van der Waals surface area contributed by atoms with Gasteiger partial charge in [0.25, 0.3) is 0 Å². The van der Waals surface area contributed by atoms with Crippen LogP contribution >= 0.6 is 0 Å². The molecule has 232 valence electrons. The molecule has 0 saturated carbocycles. The smallest absolute Gasteiger partial charge is 0.154 e. The molecular weight excluding hydrogens is 601 g/mol. The van der Waals surface area contributed by atoms with Crippen LogP contribution in [0.4, 0.5) is 0 Å². The standard InChI is InChI=1S/C44H30N4O/c45-43(32-26-27-37-40(28-32)49-39-25-13-21-33(41(37)39)29-14-4-1-5-15-29)46-44(31-18-8-3-9-19-31)47-48-38-24-11-10-20-35(38)36-23-12-22-34(42(36)48)30-16-6-2-7-17-30/h1-28H,(H2,45,46,47). The van der Waals surface area contributed by atoms with Crippen LogP contribution in [0.5, 0.6) is 0 Å². The third-order valence-corrected chi connectivity index (χ3v) is 9.12. The molecule has 0 spiro atoms. The first-order chi connectivity index (χ1) is 24.2. The summed E-state index contributed by atoms with van der Waals surface area (Å²) in [6.45, 7) is 0. The van der Waals surface area contributed by atoms with Gasteiger partial charge in [-0.05, 0) is 41.0 Å². The molecule has 7 aromatic carbocycles. The number of nitrogens with zero attached hydrogens (tertiary/aromatic N) is 2. The van der Waals surface area contributed by atoms with Gasteiger partial charge in [0.2, 0.25) is 0 Å². The first-order valence-electron chi connectivity index (χ1n) is 16.3. The fourth-order valence-electron chi connectivity index (χ4n) is 6.85. The summed E-state index contributed by atoms with van der Waals surface area (Å²) in [5.41, 5.74) is 13.3. The monoisotopic (exact) mass is 630 g/mol. The molecule has 0 fully saturated rings. The lowest BCUT2D eigenvalue weighted by Gasteiger charge is -2.16. The van der Waals surface area contributed by atoms with Gasteiger partial charge in [-0.25, -0.2) is 4.99 Å². The highest BCUT2D eigenvalue weighted by atomic mass is 16.3. The van der Waals surface area contributed by atoms with Gasteiger partial charge >= 0.3 is 0 Å². The minimum absolute atomic E-state index is 0.126. The molecule has 49 heavy (non-hydrogen) atoms. The van der Waals surface area contributed by atoms with Crippen LogP contribution in [0, 0.1) is 5.41 Å². The van der Waals surface area contributed by atoms with Crippen molar-refractivity contribution in [3.63, 3.8) is 0 Å². The van der Waals surface area contributed by atoms with E-state index in [0.717, 1.165) is 71.6 Å². The summed E-state index contributed by atoms with van der Waals surface area (Å²) in [7, 11) is 0. The highest BCUT2D eigenvalue weighted by Crippen LogP contribution is 2.38. The Labute approximate surface area is 282 Å². The second-order valence-corrected chi connectivity index (χ2v) is 12.1. The minimum atomic E-state index is 0.126. The zero-order valence-corrected chi connectivity index (χ0v) is 26.5. The summed E-state index contributed by atoms with van der Waals surface area (Å²) < 4.78 is 8.48. The van der Waals surface area contributed by atoms with E-state index < -0.39 is 0 Å². The van der Waals surface area contributed by atoms with Crippen LogP contribution in [0.25, 0.3) is 66.0 Å². The van der Waals surface area contributed by atoms with Crippen LogP contribution in [0.1, 0.15) is 11.1 Å². The fraction of sp³-hybridized carbons (Fsp3) is 0. The maximum absolute atomic E-state index is 9.25. The molecule has 0 atom stereocenters. The first kappa shape index (κ1) is 28.5. The summed E-state index contributed by atoms with van der Waals surface area (Å²) in [6.07, 6.45) is 0. The van der Waals surface area contributed by atoms with Crippen molar-refractivity contribution >= 4 is 55.4 Å². The number of para-hydroxylation sites is 2. The van der Waals surface area contributed by atoms with E-state index in [1.54, 1.807) is 0 Å². The van der Waals surface area contributed by atoms with E-state index in [4.69, 9.17) is 9.41 Å². The van der Waals surface area contributed by atoms with Crippen molar-refractivity contribution in [3.05, 3.63) is 181 Å². The van der Waals surface area contributed by atoms with Crippen LogP contribution < -0.4 is 5.43 Å². The Hall–Kier alpha value is -6.72. The van der Waals surface area contributed by atoms with Crippen molar-refractivity contribution in [3.8, 4) is 22.3 Å². The Morgan fingerprint density at radius 3 is 1.94 bits per heavy atom. The van der Waals surface area contributed by atoms with Crippen molar-refractivity contribution in [2.75, 3.05) is 5.43 Å². The largest absolute Gasteiger partial charge is 0.456 e. The molecule has 0 bridgehead atoms. The maximum Gasteiger partial charge on any atom is 0.154 e. The van der Waals surface area contributed by atoms with Crippen molar-refractivity contribution in [2.45, 2.75) is 0 Å². The van der Waals surface area contributed by atoms with Gasteiger partial charge in [-0.1, -0.05) is 146 Å². The topological polar surface area (TPSA) is 66.3 Å². The highest BCUT2D eigenvalue weighted by Gasteiger charge is 2.18. The lowest BCUT2D eigenvalue weighted by Crippen LogP contribution is -2.25. The van der Waals surface area contributed by atoms with Crippen molar-refractivity contribution in [1.82, 2.24) is 4.68 Å². The molecule has 9 rings (SSSR count). The van der Waals surface area contributed by atoms with Crippen molar-refractivity contribution < 1.29 is 4.42 Å². The molecule has 2 aromatic heterocycles. The van der Waals surface area contributed by atoms with Crippen molar-refractivity contribution in [2.24, 2.45) is 4.99 Å². The molecule has 0 saturated heterocycles. The summed E-state index contributed by atoms with van der Waals surface area (Å²) >= 11 is 0. The van der Waals surface area contributed by atoms with E-state index in [2.05, 4.69) is 95.0 Å². The van der Waals surface area contributed by atoms with E-state index >= 15 is 0 Å². The molecular formula is C44H30N4O. The lowest BCUT2D eigenvalue weighted by atomic mass is 9.99. The number of benzene rings is 7. The molecule has 0 amide bonds. The summed E-state index contributed by atoms with van der Waals surface area (Å²) in [5, 5.41) is 13.6. The molecule has 5 heteroatoms. The Morgan fingerprint density at radius 2 is 1.16 bits per heavy atom. The van der Waals surface area contributed by atoms with Gasteiger partial charge in [0.05, 0.1) is 11.0 Å². The van der Waals surface area contributed by atoms with Crippen LogP contribution in [-0.4, -0.2) is 16.3 Å². The van der Waals surface area contributed by atoms with Gasteiger partial charge in [-0.3, -0.25) is 15.5 Å². The second kappa shape index (κ2) is 11.8. The van der Waals surface area contributed by atoms with Crippen molar-refractivity contribution in [1.29, 1.82) is 5.41 Å². The van der Waals surface area contributed by atoms with E-state index in [-0.39, 0.29) is 5.84 Å². The zero-order chi connectivity index (χ0) is 32.7. The lowest BCUT2D eigenvalue weighted by molar-refractivity contribution is 0.669. The quantitative estimate of drug-likeness (QED) is 0.147. The van der Waals surface area contributed by atoms with Crippen LogP contribution in [0.3, 0.4) is 0 Å². The molecule has 0 radical (unpaired) electrons. The number of amidine groups is 2. The Morgan fingerprint density at radius 1 is 0.531 bits per heavy atom. The fourth-order valence-corrected chi connectivity index (χ4v) is 6.85. The maximum atomic E-state index is 9.25. The van der Waals surface area contributed by atoms with Crippen LogP contribution in [-0.2, 0) is 0 Å². The van der Waals surface area contributed by atoms with Crippen LogP contribution in [0.15, 0.2) is 179 Å². The molecule has 2 N–H and O–H groups in total. The Bertz CT molecular complexity index is 2690. The molecule has 0 unspecified atom stereocenters. The minimum Gasteiger partial charge on any atom is -0.456 e. The van der Waals surface area contributed by atoms with Gasteiger partial charge < -0.3 is 4.42 Å². The molecule has 9 aromatic rings. The highest BCUT2D eigenvalue weighted by molar-refractivity contribution is 6.19. The molecule has 5 nitrogen and oxygen atoms in total. The SMILES string of the molecule is N=C(N=C(Nn1c2ccccc2c2cccc(-c3ccccc3)c21)c1ccccc1)c1ccc2c(c1)oc1cccc(-c3ccccc3)c12. The molecule has 2 heterocycles. The molecule has 0 aliphatic carbocycles. The van der Waals surface area contributed by atoms with Crippen LogP contribution in [0.2, 0.25) is 0 Å². The summed E-state index contributed by atoms with van der Waals surface area (Å²) in [4.78, 5) is 4.96. The third kappa shape index (κ3) is 4.96. The number of hydrogen-bond acceptors (Lipinski definition) is 2. The van der Waals surface area contributed by atoms with Gasteiger partial charge in [0.1, 0.15) is 11.2 Å². The van der Waals surface area contributed by atoms with E-state index in [1.165, 1.54) is 0 Å². The number of aliphatic imine (C=N–C) groups is 1. The molecule has 0 aliphatic heterocycles. The number of rotatable bonds is 5. The van der Waals surface area contributed by atoms with E-state index in [0.29, 0.717) is 11.4 Å². The number of aromatic nitrogens is 1. The predicted octanol–water partition coefficient (Wildman–Crippen LogP) is 11.0. The first-order valence-corrected chi connectivity index (χ1v) is 16.3. The van der Waals surface area contributed by atoms with E-state index in [9.17, 15) is 5.41 Å².